The average Bonchev–Trinajstić information content (AvgIpc) is 3.25. The number of benzene rings is 1. The van der Waals surface area contributed by atoms with Crippen molar-refractivity contribution < 1.29 is 23.9 Å². The normalized spacial score (nSPS) is 20.5. The second-order valence-corrected chi connectivity index (χ2v) is 8.27. The molecular weight excluding hydrogens is 384 g/mol. The molecule has 0 bridgehead atoms. The SMILES string of the molecule is CCOC(=O)C1(CCOc2ccccc2)CCN(C(=O)[C@H]2CC(C(C)C)=NO2)CC1. The molecular formula is C23H32N2O5. The lowest BCUT2D eigenvalue weighted by atomic mass is 9.75. The quantitative estimate of drug-likeness (QED) is 0.607. The van der Waals surface area contributed by atoms with Crippen LogP contribution in [0.5, 0.6) is 5.75 Å². The van der Waals surface area contributed by atoms with Crippen LogP contribution in [0.15, 0.2) is 35.5 Å². The topological polar surface area (TPSA) is 77.4 Å². The Morgan fingerprint density at radius 2 is 1.93 bits per heavy atom. The number of hydrogen-bond donors (Lipinski definition) is 0. The maximum atomic E-state index is 12.9. The van der Waals surface area contributed by atoms with E-state index in [9.17, 15) is 9.59 Å². The van der Waals surface area contributed by atoms with Crippen LogP contribution >= 0.6 is 0 Å². The number of esters is 1. The molecule has 1 amide bonds. The van der Waals surface area contributed by atoms with E-state index < -0.39 is 11.5 Å². The van der Waals surface area contributed by atoms with Gasteiger partial charge in [-0.3, -0.25) is 9.59 Å². The Labute approximate surface area is 178 Å². The summed E-state index contributed by atoms with van der Waals surface area (Å²) in [5, 5.41) is 4.06. The van der Waals surface area contributed by atoms with E-state index in [-0.39, 0.29) is 17.8 Å². The van der Waals surface area contributed by atoms with Crippen LogP contribution in [-0.4, -0.2) is 54.9 Å². The maximum Gasteiger partial charge on any atom is 0.312 e. The van der Waals surface area contributed by atoms with Gasteiger partial charge in [-0.1, -0.05) is 37.2 Å². The number of piperidine rings is 1. The van der Waals surface area contributed by atoms with E-state index >= 15 is 0 Å². The predicted molar refractivity (Wildman–Crippen MR) is 113 cm³/mol. The Kier molecular flexibility index (Phi) is 7.34. The number of nitrogens with zero attached hydrogens (tertiary/aromatic N) is 2. The van der Waals surface area contributed by atoms with Crippen LogP contribution in [0.1, 0.15) is 46.5 Å². The molecule has 0 radical (unpaired) electrons. The van der Waals surface area contributed by atoms with Crippen LogP contribution in [0.3, 0.4) is 0 Å². The van der Waals surface area contributed by atoms with E-state index in [1.54, 1.807) is 4.90 Å². The summed E-state index contributed by atoms with van der Waals surface area (Å²) in [6.07, 6.45) is 1.67. The first-order chi connectivity index (χ1) is 14.4. The van der Waals surface area contributed by atoms with Crippen molar-refractivity contribution in [3.05, 3.63) is 30.3 Å². The zero-order chi connectivity index (χ0) is 21.6. The number of likely N-dealkylation sites (tertiary alicyclic amines) is 1. The standard InChI is InChI=1S/C23H32N2O5/c1-4-28-22(27)23(12-15-29-18-8-6-5-7-9-18)10-13-25(14-11-23)21(26)20-16-19(17(2)3)24-30-20/h5-9,17,20H,4,10-16H2,1-3H3/t20-/m1/s1. The Morgan fingerprint density at radius 3 is 2.53 bits per heavy atom. The summed E-state index contributed by atoms with van der Waals surface area (Å²) >= 11 is 0. The Morgan fingerprint density at radius 1 is 1.23 bits per heavy atom. The molecule has 2 heterocycles. The third-order valence-electron chi connectivity index (χ3n) is 5.97. The van der Waals surface area contributed by atoms with Gasteiger partial charge in [0.05, 0.1) is 24.3 Å². The van der Waals surface area contributed by atoms with Gasteiger partial charge in [0.15, 0.2) is 0 Å². The molecule has 1 atom stereocenters. The summed E-state index contributed by atoms with van der Waals surface area (Å²) < 4.78 is 11.2. The molecule has 1 aromatic carbocycles. The third kappa shape index (κ3) is 5.12. The fraction of sp³-hybridized carbons (Fsp3) is 0.609. The molecule has 3 rings (SSSR count). The van der Waals surface area contributed by atoms with Crippen LogP contribution in [0.25, 0.3) is 0 Å². The molecule has 1 saturated heterocycles. The monoisotopic (exact) mass is 416 g/mol. The van der Waals surface area contributed by atoms with E-state index in [1.165, 1.54) is 0 Å². The minimum Gasteiger partial charge on any atom is -0.494 e. The van der Waals surface area contributed by atoms with E-state index in [0.29, 0.717) is 52.0 Å². The van der Waals surface area contributed by atoms with Gasteiger partial charge in [-0.25, -0.2) is 0 Å². The molecule has 1 aromatic rings. The molecule has 1 fully saturated rings. The minimum atomic E-state index is -0.627. The summed E-state index contributed by atoms with van der Waals surface area (Å²) in [4.78, 5) is 32.8. The average molecular weight is 417 g/mol. The van der Waals surface area contributed by atoms with Gasteiger partial charge in [0.1, 0.15) is 5.75 Å². The smallest absolute Gasteiger partial charge is 0.312 e. The summed E-state index contributed by atoms with van der Waals surface area (Å²) in [7, 11) is 0. The first-order valence-corrected chi connectivity index (χ1v) is 10.8. The lowest BCUT2D eigenvalue weighted by Gasteiger charge is -2.40. The summed E-state index contributed by atoms with van der Waals surface area (Å²) in [5.41, 5.74) is 0.293. The third-order valence-corrected chi connectivity index (χ3v) is 5.97. The Hall–Kier alpha value is -2.57. The van der Waals surface area contributed by atoms with Gasteiger partial charge < -0.3 is 19.2 Å². The fourth-order valence-electron chi connectivity index (χ4n) is 3.95. The maximum absolute atomic E-state index is 12.9. The zero-order valence-electron chi connectivity index (χ0n) is 18.1. The van der Waals surface area contributed by atoms with Crippen molar-refractivity contribution in [2.24, 2.45) is 16.5 Å². The fourth-order valence-corrected chi connectivity index (χ4v) is 3.95. The zero-order valence-corrected chi connectivity index (χ0v) is 18.1. The second-order valence-electron chi connectivity index (χ2n) is 8.27. The lowest BCUT2D eigenvalue weighted by molar-refractivity contribution is -0.162. The van der Waals surface area contributed by atoms with Crippen molar-refractivity contribution in [3.8, 4) is 5.75 Å². The van der Waals surface area contributed by atoms with Crippen molar-refractivity contribution >= 4 is 17.6 Å². The van der Waals surface area contributed by atoms with Gasteiger partial charge in [-0.15, -0.1) is 0 Å². The number of carbonyl (C=O) groups excluding carboxylic acids is 2. The first-order valence-electron chi connectivity index (χ1n) is 10.8. The lowest BCUT2D eigenvalue weighted by Crippen LogP contribution is -2.50. The molecule has 2 aliphatic rings. The molecule has 0 aromatic heterocycles. The number of hydrogen-bond acceptors (Lipinski definition) is 6. The van der Waals surface area contributed by atoms with Crippen LogP contribution in [0, 0.1) is 11.3 Å². The number of carbonyl (C=O) groups is 2. The highest BCUT2D eigenvalue weighted by Crippen LogP contribution is 2.37. The summed E-state index contributed by atoms with van der Waals surface area (Å²) in [5.74, 6) is 0.803. The molecule has 0 unspecified atom stereocenters. The van der Waals surface area contributed by atoms with Crippen LogP contribution < -0.4 is 4.74 Å². The van der Waals surface area contributed by atoms with Gasteiger partial charge in [0, 0.05) is 19.5 Å². The highest BCUT2D eigenvalue weighted by Gasteiger charge is 2.45. The molecule has 0 saturated carbocycles. The molecule has 0 N–H and O–H groups in total. The highest BCUT2D eigenvalue weighted by molar-refractivity contribution is 5.94. The van der Waals surface area contributed by atoms with Crippen LogP contribution in [0.4, 0.5) is 0 Å². The molecule has 2 aliphatic heterocycles. The van der Waals surface area contributed by atoms with E-state index in [2.05, 4.69) is 5.16 Å². The first kappa shape index (κ1) is 22.1. The molecule has 164 valence electrons. The van der Waals surface area contributed by atoms with Crippen molar-refractivity contribution in [2.75, 3.05) is 26.3 Å². The Bertz CT molecular complexity index is 754. The van der Waals surface area contributed by atoms with Gasteiger partial charge in [0.25, 0.3) is 5.91 Å². The minimum absolute atomic E-state index is 0.0487. The number of amides is 1. The van der Waals surface area contributed by atoms with E-state index in [0.717, 1.165) is 11.5 Å². The largest absolute Gasteiger partial charge is 0.494 e. The number of ether oxygens (including phenoxy) is 2. The van der Waals surface area contributed by atoms with Gasteiger partial charge >= 0.3 is 5.97 Å². The van der Waals surface area contributed by atoms with Crippen molar-refractivity contribution in [1.29, 1.82) is 0 Å². The molecule has 0 spiro atoms. The van der Waals surface area contributed by atoms with Crippen LogP contribution in [0.2, 0.25) is 0 Å². The molecule has 30 heavy (non-hydrogen) atoms. The Balaban J connectivity index is 1.57. The second kappa shape index (κ2) is 9.96. The number of rotatable bonds is 8. The van der Waals surface area contributed by atoms with Gasteiger partial charge in [-0.05, 0) is 44.2 Å². The van der Waals surface area contributed by atoms with Crippen molar-refractivity contribution in [1.82, 2.24) is 4.90 Å². The number of para-hydroxylation sites is 1. The summed E-state index contributed by atoms with van der Waals surface area (Å²) in [6.45, 7) is 7.67. The molecule has 7 nitrogen and oxygen atoms in total. The van der Waals surface area contributed by atoms with E-state index in [4.69, 9.17) is 14.3 Å². The van der Waals surface area contributed by atoms with Crippen LogP contribution in [-0.2, 0) is 19.2 Å². The highest BCUT2D eigenvalue weighted by atomic mass is 16.6. The van der Waals surface area contributed by atoms with Gasteiger partial charge in [0.2, 0.25) is 6.10 Å². The molecule has 7 heteroatoms. The van der Waals surface area contributed by atoms with Crippen molar-refractivity contribution in [2.45, 2.75) is 52.6 Å². The van der Waals surface area contributed by atoms with E-state index in [1.807, 2.05) is 51.1 Å². The summed E-state index contributed by atoms with van der Waals surface area (Å²) in [6, 6.07) is 9.56. The van der Waals surface area contributed by atoms with Gasteiger partial charge in [-0.2, -0.15) is 0 Å². The van der Waals surface area contributed by atoms with Crippen molar-refractivity contribution in [3.63, 3.8) is 0 Å². The molecule has 0 aliphatic carbocycles. The number of oxime groups is 1. The predicted octanol–water partition coefficient (Wildman–Crippen LogP) is 3.43.